The molecule has 8 nitrogen and oxygen atoms in total. The van der Waals surface area contributed by atoms with Crippen LogP contribution in [0.2, 0.25) is 0 Å². The molecular weight excluding hydrogens is 401 g/mol. The molecule has 3 N–H and O–H groups in total. The van der Waals surface area contributed by atoms with Crippen LogP contribution in [0.4, 0.5) is 10.2 Å². The summed E-state index contributed by atoms with van der Waals surface area (Å²) in [7, 11) is 2.98. The van der Waals surface area contributed by atoms with Gasteiger partial charge in [-0.3, -0.25) is 4.79 Å². The number of hydrogen-bond donors (Lipinski definition) is 2. The van der Waals surface area contributed by atoms with Gasteiger partial charge in [-0.1, -0.05) is 6.07 Å². The van der Waals surface area contributed by atoms with Crippen LogP contribution in [-0.4, -0.2) is 36.5 Å². The number of halogens is 1. The van der Waals surface area contributed by atoms with E-state index in [2.05, 4.69) is 16.5 Å². The molecule has 1 aromatic heterocycles. The molecule has 31 heavy (non-hydrogen) atoms. The van der Waals surface area contributed by atoms with Crippen molar-refractivity contribution in [2.45, 2.75) is 12.8 Å². The zero-order valence-electron chi connectivity index (χ0n) is 17.2. The maximum Gasteiger partial charge on any atom is 0.255 e. The number of nitrogen functional groups attached to an aromatic ring is 1. The van der Waals surface area contributed by atoms with Gasteiger partial charge in [0.2, 0.25) is 0 Å². The fraction of sp³-hybridized carbons (Fsp3) is 0.227. The number of nitrogens with two attached hydrogens (primary N) is 1. The van der Waals surface area contributed by atoms with Crippen molar-refractivity contribution in [3.05, 3.63) is 65.1 Å². The van der Waals surface area contributed by atoms with Crippen molar-refractivity contribution in [2.75, 3.05) is 26.5 Å². The Hall–Kier alpha value is -4.06. The molecular formula is C22H22FN5O3. The molecule has 0 atom stereocenters. The van der Waals surface area contributed by atoms with E-state index in [9.17, 15) is 14.4 Å². The number of carbonyl (C=O) groups excluding carboxylic acids is 1. The minimum Gasteiger partial charge on any atom is -0.493 e. The van der Waals surface area contributed by atoms with Crippen LogP contribution in [0.1, 0.15) is 28.0 Å². The van der Waals surface area contributed by atoms with Crippen LogP contribution in [0.15, 0.2) is 42.5 Å². The zero-order valence-corrected chi connectivity index (χ0v) is 17.2. The summed E-state index contributed by atoms with van der Waals surface area (Å²) in [5.41, 5.74) is 7.76. The molecule has 0 saturated heterocycles. The number of nitriles is 1. The number of amides is 1. The second-order valence-corrected chi connectivity index (χ2v) is 6.61. The quantitative estimate of drug-likeness (QED) is 0.539. The molecule has 2 aromatic carbocycles. The second kappa shape index (κ2) is 9.63. The van der Waals surface area contributed by atoms with E-state index in [1.165, 1.54) is 43.2 Å². The predicted molar refractivity (Wildman–Crippen MR) is 113 cm³/mol. The molecule has 160 valence electrons. The highest BCUT2D eigenvalue weighted by Crippen LogP contribution is 2.30. The number of aryl methyl sites for hydroxylation is 1. The van der Waals surface area contributed by atoms with Crippen molar-refractivity contribution in [1.82, 2.24) is 15.1 Å². The Balaban J connectivity index is 1.66. The molecule has 1 heterocycles. The van der Waals surface area contributed by atoms with Gasteiger partial charge < -0.3 is 20.5 Å². The normalized spacial score (nSPS) is 10.4. The molecule has 0 spiro atoms. The number of hydrogen-bond acceptors (Lipinski definition) is 6. The Bertz CT molecular complexity index is 1120. The maximum atomic E-state index is 13.2. The third-order valence-corrected chi connectivity index (χ3v) is 4.70. The third kappa shape index (κ3) is 4.59. The zero-order chi connectivity index (χ0) is 22.4. The van der Waals surface area contributed by atoms with Crippen LogP contribution >= 0.6 is 0 Å². The number of ether oxygens (including phenoxy) is 2. The maximum absolute atomic E-state index is 13.2. The van der Waals surface area contributed by atoms with Crippen molar-refractivity contribution < 1.29 is 18.7 Å². The van der Waals surface area contributed by atoms with E-state index in [0.717, 1.165) is 0 Å². The SMILES string of the molecule is COc1cccc(C(=O)NCCCc2nn(-c3ccc(F)cc3)c(N)c2C#N)c1OC. The highest BCUT2D eigenvalue weighted by Gasteiger charge is 2.18. The summed E-state index contributed by atoms with van der Waals surface area (Å²) < 4.78 is 25.1. The van der Waals surface area contributed by atoms with Gasteiger partial charge in [0.1, 0.15) is 23.3 Å². The van der Waals surface area contributed by atoms with Crippen molar-refractivity contribution in [3.63, 3.8) is 0 Å². The lowest BCUT2D eigenvalue weighted by Gasteiger charge is -2.12. The average molecular weight is 423 g/mol. The fourth-order valence-corrected chi connectivity index (χ4v) is 3.17. The molecule has 0 bridgehead atoms. The average Bonchev–Trinajstić information content (AvgIpc) is 3.11. The first-order chi connectivity index (χ1) is 15.0. The molecule has 0 unspecified atom stereocenters. The summed E-state index contributed by atoms with van der Waals surface area (Å²) in [6, 6.07) is 12.8. The summed E-state index contributed by atoms with van der Waals surface area (Å²) in [4.78, 5) is 12.5. The highest BCUT2D eigenvalue weighted by molar-refractivity contribution is 5.97. The van der Waals surface area contributed by atoms with Gasteiger partial charge in [-0.2, -0.15) is 10.4 Å². The molecule has 0 aliphatic carbocycles. The lowest BCUT2D eigenvalue weighted by molar-refractivity contribution is 0.0949. The van der Waals surface area contributed by atoms with Gasteiger partial charge in [0, 0.05) is 6.54 Å². The Morgan fingerprint density at radius 3 is 2.61 bits per heavy atom. The van der Waals surface area contributed by atoms with E-state index in [4.69, 9.17) is 15.2 Å². The first kappa shape index (κ1) is 21.6. The molecule has 0 saturated carbocycles. The van der Waals surface area contributed by atoms with Crippen LogP contribution in [0.25, 0.3) is 5.69 Å². The Kier molecular flexibility index (Phi) is 6.72. The standard InChI is InChI=1S/C22H22FN5O3/c1-30-19-7-3-5-16(20(19)31-2)22(29)26-12-4-6-18-17(13-24)21(25)28(27-18)15-10-8-14(23)9-11-15/h3,5,7-11H,4,6,12,25H2,1-2H3,(H,26,29). The number of nitrogens with one attached hydrogen (secondary N) is 1. The minimum absolute atomic E-state index is 0.189. The largest absolute Gasteiger partial charge is 0.493 e. The number of carbonyl (C=O) groups is 1. The fourth-order valence-electron chi connectivity index (χ4n) is 3.17. The lowest BCUT2D eigenvalue weighted by Crippen LogP contribution is -2.25. The number of rotatable bonds is 8. The predicted octanol–water partition coefficient (Wildman–Crippen LogP) is 2.85. The van der Waals surface area contributed by atoms with Crippen molar-refractivity contribution in [2.24, 2.45) is 0 Å². The lowest BCUT2D eigenvalue weighted by atomic mass is 10.1. The number of nitrogens with zero attached hydrogens (tertiary/aromatic N) is 3. The first-order valence-corrected chi connectivity index (χ1v) is 9.52. The van der Waals surface area contributed by atoms with E-state index >= 15 is 0 Å². The second-order valence-electron chi connectivity index (χ2n) is 6.61. The van der Waals surface area contributed by atoms with Crippen LogP contribution in [0.5, 0.6) is 11.5 Å². The monoisotopic (exact) mass is 423 g/mol. The number of benzene rings is 2. The molecule has 3 rings (SSSR count). The molecule has 0 fully saturated rings. The van der Waals surface area contributed by atoms with Gasteiger partial charge in [0.15, 0.2) is 11.5 Å². The van der Waals surface area contributed by atoms with E-state index in [-0.39, 0.29) is 23.1 Å². The molecule has 0 aliphatic rings. The van der Waals surface area contributed by atoms with E-state index in [0.29, 0.717) is 47.8 Å². The van der Waals surface area contributed by atoms with Gasteiger partial charge in [0.25, 0.3) is 5.91 Å². The van der Waals surface area contributed by atoms with E-state index in [1.54, 1.807) is 18.2 Å². The number of anilines is 1. The summed E-state index contributed by atoms with van der Waals surface area (Å²) >= 11 is 0. The third-order valence-electron chi connectivity index (χ3n) is 4.70. The Morgan fingerprint density at radius 1 is 1.23 bits per heavy atom. The summed E-state index contributed by atoms with van der Waals surface area (Å²) in [6.07, 6.45) is 0.962. The number of para-hydroxylation sites is 1. The highest BCUT2D eigenvalue weighted by atomic mass is 19.1. The van der Waals surface area contributed by atoms with Crippen molar-refractivity contribution in [1.29, 1.82) is 5.26 Å². The Labute approximate surface area is 179 Å². The molecule has 9 heteroatoms. The minimum atomic E-state index is -0.376. The van der Waals surface area contributed by atoms with Crippen LogP contribution in [0.3, 0.4) is 0 Å². The van der Waals surface area contributed by atoms with E-state index < -0.39 is 0 Å². The number of methoxy groups -OCH3 is 2. The van der Waals surface area contributed by atoms with Gasteiger partial charge in [-0.15, -0.1) is 0 Å². The number of aromatic nitrogens is 2. The van der Waals surface area contributed by atoms with Crippen molar-refractivity contribution in [3.8, 4) is 23.3 Å². The molecule has 0 aliphatic heterocycles. The van der Waals surface area contributed by atoms with Gasteiger partial charge in [-0.05, 0) is 49.2 Å². The molecule has 3 aromatic rings. The molecule has 1 amide bonds. The van der Waals surface area contributed by atoms with Gasteiger partial charge in [0.05, 0.1) is 31.2 Å². The van der Waals surface area contributed by atoms with E-state index in [1.807, 2.05) is 0 Å². The van der Waals surface area contributed by atoms with Crippen LogP contribution in [-0.2, 0) is 6.42 Å². The molecule has 0 radical (unpaired) electrons. The first-order valence-electron chi connectivity index (χ1n) is 9.52. The van der Waals surface area contributed by atoms with Gasteiger partial charge in [-0.25, -0.2) is 9.07 Å². The van der Waals surface area contributed by atoms with Crippen LogP contribution < -0.4 is 20.5 Å². The summed E-state index contributed by atoms with van der Waals surface area (Å²) in [5, 5.41) is 16.7. The van der Waals surface area contributed by atoms with Crippen molar-refractivity contribution >= 4 is 11.7 Å². The van der Waals surface area contributed by atoms with Crippen LogP contribution in [0, 0.1) is 17.1 Å². The topological polar surface area (TPSA) is 115 Å². The summed E-state index contributed by atoms with van der Waals surface area (Å²) in [5.74, 6) is 0.344. The smallest absolute Gasteiger partial charge is 0.255 e. The summed E-state index contributed by atoms with van der Waals surface area (Å²) in [6.45, 7) is 0.355. The Morgan fingerprint density at radius 2 is 1.97 bits per heavy atom. The van der Waals surface area contributed by atoms with Gasteiger partial charge >= 0.3 is 0 Å².